The number of anilines is 1. The van der Waals surface area contributed by atoms with Crippen LogP contribution in [0.4, 0.5) is 5.82 Å². The lowest BCUT2D eigenvalue weighted by atomic mass is 10.0. The van der Waals surface area contributed by atoms with Crippen LogP contribution in [0.25, 0.3) is 11.3 Å². The molecule has 1 heterocycles. The average Bonchev–Trinajstić information content (AvgIpc) is 2.65. The van der Waals surface area contributed by atoms with E-state index in [0.717, 1.165) is 5.56 Å². The Hall–Kier alpha value is -1.77. The van der Waals surface area contributed by atoms with E-state index in [1.807, 2.05) is 12.1 Å². The molecule has 0 saturated carbocycles. The van der Waals surface area contributed by atoms with Crippen LogP contribution < -0.4 is 5.73 Å². The Labute approximate surface area is 88.9 Å². The molecule has 0 spiro atoms. The van der Waals surface area contributed by atoms with Gasteiger partial charge in [0.1, 0.15) is 0 Å². The van der Waals surface area contributed by atoms with Crippen molar-refractivity contribution >= 4 is 5.82 Å². The summed E-state index contributed by atoms with van der Waals surface area (Å²) in [7, 11) is 0. The monoisotopic (exact) mass is 202 g/mol. The summed E-state index contributed by atoms with van der Waals surface area (Å²) in [5, 5.41) is 3.65. The molecule has 3 nitrogen and oxygen atoms in total. The van der Waals surface area contributed by atoms with Crippen molar-refractivity contribution in [3.05, 3.63) is 35.9 Å². The summed E-state index contributed by atoms with van der Waals surface area (Å²) in [6.07, 6.45) is 0. The van der Waals surface area contributed by atoms with E-state index < -0.39 is 0 Å². The molecule has 1 aromatic carbocycles. The number of nitrogens with zero attached hydrogens (tertiary/aromatic N) is 1. The summed E-state index contributed by atoms with van der Waals surface area (Å²) in [6, 6.07) is 9.96. The van der Waals surface area contributed by atoms with E-state index in [2.05, 4.69) is 31.1 Å². The van der Waals surface area contributed by atoms with Gasteiger partial charge in [0.2, 0.25) is 0 Å². The van der Waals surface area contributed by atoms with Crippen LogP contribution in [0.15, 0.2) is 34.9 Å². The topological polar surface area (TPSA) is 52.0 Å². The normalized spacial score (nSPS) is 10.9. The van der Waals surface area contributed by atoms with Gasteiger partial charge in [-0.1, -0.05) is 43.3 Å². The van der Waals surface area contributed by atoms with Gasteiger partial charge >= 0.3 is 0 Å². The minimum absolute atomic E-state index is 0.415. The van der Waals surface area contributed by atoms with Crippen molar-refractivity contribution in [2.45, 2.75) is 19.8 Å². The SMILES string of the molecule is CC(C)c1ccc(-c2cc(N)no2)cc1. The van der Waals surface area contributed by atoms with Crippen LogP contribution in [-0.4, -0.2) is 5.16 Å². The fourth-order valence-electron chi connectivity index (χ4n) is 1.46. The standard InChI is InChI=1S/C12H14N2O/c1-8(2)9-3-5-10(6-4-9)11-7-12(13)14-15-11/h3-8H,1-2H3,(H2,13,14). The maximum Gasteiger partial charge on any atom is 0.169 e. The van der Waals surface area contributed by atoms with E-state index in [9.17, 15) is 0 Å². The summed E-state index contributed by atoms with van der Waals surface area (Å²) >= 11 is 0. The van der Waals surface area contributed by atoms with E-state index in [4.69, 9.17) is 10.3 Å². The van der Waals surface area contributed by atoms with Crippen molar-refractivity contribution in [2.24, 2.45) is 0 Å². The molecule has 2 aromatic rings. The maximum atomic E-state index is 5.49. The van der Waals surface area contributed by atoms with Crippen molar-refractivity contribution in [1.82, 2.24) is 5.16 Å². The van der Waals surface area contributed by atoms with Crippen LogP contribution in [0.2, 0.25) is 0 Å². The molecule has 0 atom stereocenters. The molecule has 1 aromatic heterocycles. The van der Waals surface area contributed by atoms with Crippen LogP contribution in [0.5, 0.6) is 0 Å². The van der Waals surface area contributed by atoms with Crippen molar-refractivity contribution in [3.63, 3.8) is 0 Å². The fraction of sp³-hybridized carbons (Fsp3) is 0.250. The van der Waals surface area contributed by atoms with E-state index in [0.29, 0.717) is 17.5 Å². The van der Waals surface area contributed by atoms with Gasteiger partial charge in [-0.25, -0.2) is 0 Å². The molecule has 0 fully saturated rings. The highest BCUT2D eigenvalue weighted by molar-refractivity contribution is 5.60. The van der Waals surface area contributed by atoms with Gasteiger partial charge in [0, 0.05) is 11.6 Å². The van der Waals surface area contributed by atoms with Gasteiger partial charge in [0.15, 0.2) is 11.6 Å². The number of hydrogen-bond donors (Lipinski definition) is 1. The highest BCUT2D eigenvalue weighted by atomic mass is 16.5. The predicted molar refractivity (Wildman–Crippen MR) is 60.4 cm³/mol. The van der Waals surface area contributed by atoms with Crippen LogP contribution in [0.1, 0.15) is 25.3 Å². The first-order chi connectivity index (χ1) is 7.16. The molecule has 0 aliphatic carbocycles. The highest BCUT2D eigenvalue weighted by Gasteiger charge is 2.05. The second kappa shape index (κ2) is 3.77. The van der Waals surface area contributed by atoms with E-state index >= 15 is 0 Å². The van der Waals surface area contributed by atoms with Gasteiger partial charge in [-0.3, -0.25) is 0 Å². The summed E-state index contributed by atoms with van der Waals surface area (Å²) in [4.78, 5) is 0. The fourth-order valence-corrected chi connectivity index (χ4v) is 1.46. The quantitative estimate of drug-likeness (QED) is 0.814. The van der Waals surface area contributed by atoms with Gasteiger partial charge in [-0.2, -0.15) is 0 Å². The molecule has 0 aliphatic rings. The zero-order chi connectivity index (χ0) is 10.8. The first kappa shape index (κ1) is 9.77. The largest absolute Gasteiger partial charge is 0.381 e. The molecular weight excluding hydrogens is 188 g/mol. The van der Waals surface area contributed by atoms with Gasteiger partial charge in [0.05, 0.1) is 0 Å². The molecule has 0 bridgehead atoms. The Kier molecular flexibility index (Phi) is 2.46. The maximum absolute atomic E-state index is 5.49. The third-order valence-corrected chi connectivity index (χ3v) is 2.39. The zero-order valence-electron chi connectivity index (χ0n) is 8.90. The lowest BCUT2D eigenvalue weighted by molar-refractivity contribution is 0.436. The van der Waals surface area contributed by atoms with Crippen molar-refractivity contribution in [3.8, 4) is 11.3 Å². The predicted octanol–water partition coefficient (Wildman–Crippen LogP) is 3.05. The zero-order valence-corrected chi connectivity index (χ0v) is 8.90. The molecule has 0 radical (unpaired) electrons. The van der Waals surface area contributed by atoms with Crippen LogP contribution >= 0.6 is 0 Å². The molecule has 15 heavy (non-hydrogen) atoms. The molecule has 2 rings (SSSR count). The number of aromatic nitrogens is 1. The Bertz CT molecular complexity index is 443. The Morgan fingerprint density at radius 2 is 1.87 bits per heavy atom. The molecule has 78 valence electrons. The lowest BCUT2D eigenvalue weighted by Gasteiger charge is -2.04. The summed E-state index contributed by atoms with van der Waals surface area (Å²) < 4.78 is 5.08. The summed E-state index contributed by atoms with van der Waals surface area (Å²) in [5.74, 6) is 1.67. The smallest absolute Gasteiger partial charge is 0.169 e. The average molecular weight is 202 g/mol. The van der Waals surface area contributed by atoms with Crippen molar-refractivity contribution in [2.75, 3.05) is 5.73 Å². The minimum atomic E-state index is 0.415. The number of nitrogen functional groups attached to an aromatic ring is 1. The van der Waals surface area contributed by atoms with E-state index in [-0.39, 0.29) is 0 Å². The third kappa shape index (κ3) is 2.01. The van der Waals surface area contributed by atoms with Gasteiger partial charge in [-0.15, -0.1) is 0 Å². The Balaban J connectivity index is 2.31. The number of nitrogens with two attached hydrogens (primary N) is 1. The summed E-state index contributed by atoms with van der Waals surface area (Å²) in [6.45, 7) is 4.34. The molecular formula is C12H14N2O. The molecule has 0 amide bonds. The molecule has 2 N–H and O–H groups in total. The Morgan fingerprint density at radius 3 is 2.33 bits per heavy atom. The number of rotatable bonds is 2. The second-order valence-corrected chi connectivity index (χ2v) is 3.89. The van der Waals surface area contributed by atoms with Crippen LogP contribution in [-0.2, 0) is 0 Å². The summed E-state index contributed by atoms with van der Waals surface area (Å²) in [5.41, 5.74) is 7.80. The van der Waals surface area contributed by atoms with Crippen LogP contribution in [0.3, 0.4) is 0 Å². The Morgan fingerprint density at radius 1 is 1.20 bits per heavy atom. The van der Waals surface area contributed by atoms with E-state index in [1.54, 1.807) is 6.07 Å². The van der Waals surface area contributed by atoms with Gasteiger partial charge in [0.25, 0.3) is 0 Å². The van der Waals surface area contributed by atoms with Crippen molar-refractivity contribution in [1.29, 1.82) is 0 Å². The molecule has 3 heteroatoms. The van der Waals surface area contributed by atoms with Crippen molar-refractivity contribution < 1.29 is 4.52 Å². The molecule has 0 saturated heterocycles. The van der Waals surface area contributed by atoms with E-state index in [1.165, 1.54) is 5.56 Å². The number of hydrogen-bond acceptors (Lipinski definition) is 3. The lowest BCUT2D eigenvalue weighted by Crippen LogP contribution is -1.86. The molecule has 0 unspecified atom stereocenters. The third-order valence-electron chi connectivity index (χ3n) is 2.39. The van der Waals surface area contributed by atoms with Crippen LogP contribution in [0, 0.1) is 0 Å². The highest BCUT2D eigenvalue weighted by Crippen LogP contribution is 2.23. The van der Waals surface area contributed by atoms with Gasteiger partial charge < -0.3 is 10.3 Å². The second-order valence-electron chi connectivity index (χ2n) is 3.89. The first-order valence-corrected chi connectivity index (χ1v) is 4.99. The van der Waals surface area contributed by atoms with Gasteiger partial charge in [-0.05, 0) is 11.5 Å². The first-order valence-electron chi connectivity index (χ1n) is 4.99. The number of benzene rings is 1. The molecule has 0 aliphatic heterocycles. The minimum Gasteiger partial charge on any atom is -0.381 e.